The zero-order valence-electron chi connectivity index (χ0n) is 5.11. The highest BCUT2D eigenvalue weighted by Crippen LogP contribution is 2.37. The molecule has 9 heteroatoms. The van der Waals surface area contributed by atoms with Gasteiger partial charge >= 0.3 is 21.0 Å². The van der Waals surface area contributed by atoms with Gasteiger partial charge in [-0.3, -0.25) is 4.52 Å². The Morgan fingerprint density at radius 3 is 1.42 bits per heavy atom. The van der Waals surface area contributed by atoms with E-state index in [4.69, 9.17) is 0 Å². The zero-order chi connectivity index (χ0) is 9.99. The van der Waals surface area contributed by atoms with Crippen LogP contribution in [0.5, 0.6) is 0 Å². The number of hydrogen-bond donors (Lipinski definition) is 0. The lowest BCUT2D eigenvalue weighted by atomic mass is 10.3. The van der Waals surface area contributed by atoms with Crippen molar-refractivity contribution in [3.63, 3.8) is 0 Å². The highest BCUT2D eigenvalue weighted by Gasteiger charge is 2.58. The van der Waals surface area contributed by atoms with E-state index in [1.807, 2.05) is 0 Å². The van der Waals surface area contributed by atoms with Gasteiger partial charge in [0, 0.05) is 0 Å². The molecule has 0 aromatic carbocycles. The summed E-state index contributed by atoms with van der Waals surface area (Å²) in [5, 5.41) is 0. The first kappa shape index (κ1) is 11.6. The second kappa shape index (κ2) is 3.57. The minimum atomic E-state index is -5.60. The van der Waals surface area contributed by atoms with Crippen molar-refractivity contribution in [2.24, 2.45) is 0 Å². The minimum Gasteiger partial charge on any atom is -0.272 e. The Kier molecular flexibility index (Phi) is 3.46. The molecule has 2 nitrogen and oxygen atoms in total. The summed E-state index contributed by atoms with van der Waals surface area (Å²) in [5.41, 5.74) is 0. The van der Waals surface area contributed by atoms with Gasteiger partial charge in [-0.2, -0.15) is 26.3 Å². The van der Waals surface area contributed by atoms with E-state index in [1.165, 1.54) is 0 Å². The molecule has 0 radical (unpaired) electrons. The highest BCUT2D eigenvalue weighted by atomic mass is 31.1. The topological polar surface area (TPSA) is 26.3 Å². The van der Waals surface area contributed by atoms with Crippen LogP contribution in [-0.2, 0) is 9.09 Å². The first-order chi connectivity index (χ1) is 5.19. The van der Waals surface area contributed by atoms with E-state index in [1.54, 1.807) is 0 Å². The van der Waals surface area contributed by atoms with Crippen LogP contribution >= 0.6 is 8.69 Å². The first-order valence-electron chi connectivity index (χ1n) is 2.31. The van der Waals surface area contributed by atoms with Crippen molar-refractivity contribution < 1.29 is 35.4 Å². The molecule has 0 aromatic rings. The molecule has 0 amide bonds. The standard InChI is InChI=1S/C3HF6O2P/c4-2(5,6)1(11-12-10)3(7,8)9/h1H. The third-order valence-electron chi connectivity index (χ3n) is 0.743. The summed E-state index contributed by atoms with van der Waals surface area (Å²) in [6, 6.07) is 0. The van der Waals surface area contributed by atoms with E-state index in [9.17, 15) is 30.9 Å². The van der Waals surface area contributed by atoms with Gasteiger partial charge in [-0.05, 0) is 0 Å². The molecule has 0 aromatic heterocycles. The summed E-state index contributed by atoms with van der Waals surface area (Å²) in [4.78, 5) is 0. The second-order valence-corrected chi connectivity index (χ2v) is 2.00. The predicted molar refractivity (Wildman–Crippen MR) is 24.6 cm³/mol. The summed E-state index contributed by atoms with van der Waals surface area (Å²) < 4.78 is 80.8. The SMILES string of the molecule is O=POC(C(F)(F)F)C(F)(F)F. The lowest BCUT2D eigenvalue weighted by Crippen LogP contribution is -2.42. The van der Waals surface area contributed by atoms with E-state index < -0.39 is 27.1 Å². The van der Waals surface area contributed by atoms with Crippen molar-refractivity contribution in [2.45, 2.75) is 18.5 Å². The molecule has 0 fully saturated rings. The van der Waals surface area contributed by atoms with Gasteiger partial charge in [0.2, 0.25) is 0 Å². The summed E-state index contributed by atoms with van der Waals surface area (Å²) in [7, 11) is -1.67. The lowest BCUT2D eigenvalue weighted by molar-refractivity contribution is -0.298. The lowest BCUT2D eigenvalue weighted by Gasteiger charge is -2.19. The molecule has 0 rings (SSSR count). The largest absolute Gasteiger partial charge is 0.424 e. The average molecular weight is 214 g/mol. The number of halogens is 6. The van der Waals surface area contributed by atoms with Crippen LogP contribution in [0.3, 0.4) is 0 Å². The maximum absolute atomic E-state index is 11.4. The Balaban J connectivity index is 4.56. The summed E-state index contributed by atoms with van der Waals surface area (Å²) in [6.45, 7) is 0. The van der Waals surface area contributed by atoms with E-state index in [2.05, 4.69) is 4.52 Å². The van der Waals surface area contributed by atoms with Crippen LogP contribution in [0.4, 0.5) is 26.3 Å². The van der Waals surface area contributed by atoms with Crippen molar-refractivity contribution in [1.82, 2.24) is 0 Å². The number of rotatable bonds is 2. The van der Waals surface area contributed by atoms with Crippen molar-refractivity contribution >= 4 is 8.69 Å². The Labute approximate surface area is 63.8 Å². The van der Waals surface area contributed by atoms with Crippen LogP contribution < -0.4 is 0 Å². The maximum Gasteiger partial charge on any atom is 0.424 e. The zero-order valence-corrected chi connectivity index (χ0v) is 6.00. The second-order valence-electron chi connectivity index (χ2n) is 1.64. The first-order valence-corrected chi connectivity index (χ1v) is 3.04. The molecule has 0 aliphatic heterocycles. The summed E-state index contributed by atoms with van der Waals surface area (Å²) in [6.07, 6.45) is -15.2. The summed E-state index contributed by atoms with van der Waals surface area (Å²) >= 11 is 0. The van der Waals surface area contributed by atoms with Crippen molar-refractivity contribution in [1.29, 1.82) is 0 Å². The van der Waals surface area contributed by atoms with Crippen LogP contribution in [0.25, 0.3) is 0 Å². The van der Waals surface area contributed by atoms with Crippen LogP contribution in [0.15, 0.2) is 0 Å². The van der Waals surface area contributed by atoms with Gasteiger partial charge in [0.1, 0.15) is 0 Å². The summed E-state index contributed by atoms with van der Waals surface area (Å²) in [5.74, 6) is 0. The molecular weight excluding hydrogens is 213 g/mol. The van der Waals surface area contributed by atoms with E-state index in [0.29, 0.717) is 0 Å². The fourth-order valence-electron chi connectivity index (χ4n) is 0.348. The van der Waals surface area contributed by atoms with Crippen LogP contribution in [-0.4, -0.2) is 18.5 Å². The van der Waals surface area contributed by atoms with Gasteiger partial charge in [-0.25, -0.2) is 4.57 Å². The van der Waals surface area contributed by atoms with E-state index in [0.717, 1.165) is 0 Å². The molecule has 0 bridgehead atoms. The molecule has 0 heterocycles. The molecule has 0 spiro atoms. The molecule has 0 saturated heterocycles. The van der Waals surface area contributed by atoms with Gasteiger partial charge in [-0.1, -0.05) is 0 Å². The Morgan fingerprint density at radius 1 is 1.00 bits per heavy atom. The molecule has 0 saturated carbocycles. The quantitative estimate of drug-likeness (QED) is 0.521. The normalized spacial score (nSPS) is 14.2. The Morgan fingerprint density at radius 2 is 1.33 bits per heavy atom. The molecule has 72 valence electrons. The number of hydrogen-bond acceptors (Lipinski definition) is 2. The van der Waals surface area contributed by atoms with Gasteiger partial charge in [-0.15, -0.1) is 0 Å². The molecule has 0 aliphatic carbocycles. The van der Waals surface area contributed by atoms with Crippen LogP contribution in [0.1, 0.15) is 0 Å². The third kappa shape index (κ3) is 3.36. The van der Waals surface area contributed by atoms with Gasteiger partial charge in [0.05, 0.1) is 0 Å². The highest BCUT2D eigenvalue weighted by molar-refractivity contribution is 7.17. The minimum absolute atomic E-state index is 1.67. The fourth-order valence-corrected chi connectivity index (χ4v) is 0.673. The van der Waals surface area contributed by atoms with E-state index >= 15 is 0 Å². The molecule has 0 atom stereocenters. The van der Waals surface area contributed by atoms with E-state index in [-0.39, 0.29) is 0 Å². The Bertz CT molecular complexity index is 147. The van der Waals surface area contributed by atoms with Crippen molar-refractivity contribution in [3.8, 4) is 0 Å². The molecule has 0 unspecified atom stereocenters. The average Bonchev–Trinajstić information content (AvgIpc) is 1.77. The van der Waals surface area contributed by atoms with Crippen molar-refractivity contribution in [3.05, 3.63) is 0 Å². The van der Waals surface area contributed by atoms with Gasteiger partial charge < -0.3 is 0 Å². The molecule has 12 heavy (non-hydrogen) atoms. The Hall–Kier alpha value is -0.360. The number of alkyl halides is 6. The molecule has 0 N–H and O–H groups in total. The van der Waals surface area contributed by atoms with Crippen LogP contribution in [0, 0.1) is 0 Å². The van der Waals surface area contributed by atoms with Crippen LogP contribution in [0.2, 0.25) is 0 Å². The third-order valence-corrected chi connectivity index (χ3v) is 1.04. The molecular formula is C3HF6O2P. The maximum atomic E-state index is 11.4. The van der Waals surface area contributed by atoms with Crippen molar-refractivity contribution in [2.75, 3.05) is 0 Å². The predicted octanol–water partition coefficient (Wildman–Crippen LogP) is 2.70. The fraction of sp³-hybridized carbons (Fsp3) is 1.00. The monoisotopic (exact) mass is 214 g/mol. The molecule has 0 aliphatic rings. The van der Waals surface area contributed by atoms with Gasteiger partial charge in [0.15, 0.2) is 0 Å². The van der Waals surface area contributed by atoms with Gasteiger partial charge in [0.25, 0.3) is 6.10 Å². The smallest absolute Gasteiger partial charge is 0.272 e.